The van der Waals surface area contributed by atoms with Crippen LogP contribution in [0.25, 0.3) is 11.3 Å². The molecule has 4 nitrogen and oxygen atoms in total. The van der Waals surface area contributed by atoms with E-state index in [4.69, 9.17) is 4.52 Å². The van der Waals surface area contributed by atoms with E-state index in [0.717, 1.165) is 5.56 Å². The normalized spacial score (nSPS) is 11.5. The van der Waals surface area contributed by atoms with Crippen molar-refractivity contribution >= 4 is 9.84 Å². The second kappa shape index (κ2) is 5.18. The van der Waals surface area contributed by atoms with Crippen LogP contribution in [0.5, 0.6) is 0 Å². The molecule has 106 valence electrons. The van der Waals surface area contributed by atoms with Gasteiger partial charge in [0.2, 0.25) is 9.84 Å². The number of aromatic nitrogens is 1. The topological polar surface area (TPSA) is 60.2 Å². The zero-order chi connectivity index (χ0) is 14.9. The van der Waals surface area contributed by atoms with Gasteiger partial charge in [0.15, 0.2) is 5.76 Å². The van der Waals surface area contributed by atoms with Gasteiger partial charge in [0.05, 0.1) is 11.1 Å². The van der Waals surface area contributed by atoms with Crippen LogP contribution in [-0.2, 0) is 9.84 Å². The summed E-state index contributed by atoms with van der Waals surface area (Å²) >= 11 is 0. The molecule has 3 rings (SSSR count). The summed E-state index contributed by atoms with van der Waals surface area (Å²) in [7, 11) is -3.65. The molecule has 21 heavy (non-hydrogen) atoms. The first-order valence-corrected chi connectivity index (χ1v) is 7.89. The third-order valence-corrected chi connectivity index (χ3v) is 4.96. The van der Waals surface area contributed by atoms with Crippen molar-refractivity contribution in [3.63, 3.8) is 0 Å². The molecule has 1 aromatic heterocycles. The average molecular weight is 299 g/mol. The number of hydrogen-bond donors (Lipinski definition) is 0. The lowest BCUT2D eigenvalue weighted by atomic mass is 10.2. The van der Waals surface area contributed by atoms with Crippen molar-refractivity contribution in [2.45, 2.75) is 16.7 Å². The van der Waals surface area contributed by atoms with Crippen LogP contribution in [0.1, 0.15) is 5.56 Å². The van der Waals surface area contributed by atoms with Crippen LogP contribution < -0.4 is 0 Å². The number of hydrogen-bond acceptors (Lipinski definition) is 4. The molecule has 0 unspecified atom stereocenters. The van der Waals surface area contributed by atoms with Crippen molar-refractivity contribution in [2.24, 2.45) is 0 Å². The van der Waals surface area contributed by atoms with Gasteiger partial charge in [-0.2, -0.15) is 0 Å². The second-order valence-corrected chi connectivity index (χ2v) is 6.62. The number of nitrogens with zero attached hydrogens (tertiary/aromatic N) is 1. The molecule has 0 aliphatic carbocycles. The van der Waals surface area contributed by atoms with E-state index in [9.17, 15) is 8.42 Å². The maximum Gasteiger partial charge on any atom is 0.212 e. The molecular formula is C16H13NO3S. The fourth-order valence-electron chi connectivity index (χ4n) is 2.05. The fourth-order valence-corrected chi connectivity index (χ4v) is 3.38. The Labute approximate surface area is 123 Å². The van der Waals surface area contributed by atoms with Gasteiger partial charge in [-0.1, -0.05) is 53.2 Å². The fraction of sp³-hybridized carbons (Fsp3) is 0.0625. The second-order valence-electron chi connectivity index (χ2n) is 4.70. The summed E-state index contributed by atoms with van der Waals surface area (Å²) in [5.74, 6) is 0.260. The molecule has 0 amide bonds. The first-order valence-electron chi connectivity index (χ1n) is 6.41. The SMILES string of the molecule is Cc1ccc(S(=O)(=O)c2cnoc2-c2ccccc2)cc1. The highest BCUT2D eigenvalue weighted by Crippen LogP contribution is 2.31. The smallest absolute Gasteiger partial charge is 0.212 e. The predicted octanol–water partition coefficient (Wildman–Crippen LogP) is 3.48. The quantitative estimate of drug-likeness (QED) is 0.743. The molecule has 0 saturated heterocycles. The van der Waals surface area contributed by atoms with Crippen molar-refractivity contribution in [1.29, 1.82) is 0 Å². The molecular weight excluding hydrogens is 286 g/mol. The molecule has 0 saturated carbocycles. The minimum absolute atomic E-state index is 0.0811. The van der Waals surface area contributed by atoms with Crippen LogP contribution >= 0.6 is 0 Å². The molecule has 2 aromatic carbocycles. The van der Waals surface area contributed by atoms with E-state index in [1.54, 1.807) is 36.4 Å². The van der Waals surface area contributed by atoms with Gasteiger partial charge in [-0.25, -0.2) is 8.42 Å². The summed E-state index contributed by atoms with van der Waals surface area (Å²) in [5.41, 5.74) is 1.68. The molecule has 0 radical (unpaired) electrons. The maximum absolute atomic E-state index is 12.7. The third-order valence-electron chi connectivity index (χ3n) is 3.19. The average Bonchev–Trinajstić information content (AvgIpc) is 2.99. The van der Waals surface area contributed by atoms with Gasteiger partial charge in [0, 0.05) is 5.56 Å². The van der Waals surface area contributed by atoms with E-state index >= 15 is 0 Å². The summed E-state index contributed by atoms with van der Waals surface area (Å²) in [4.78, 5) is 0.311. The van der Waals surface area contributed by atoms with Crippen LogP contribution in [0.2, 0.25) is 0 Å². The van der Waals surface area contributed by atoms with Gasteiger partial charge in [-0.15, -0.1) is 0 Å². The summed E-state index contributed by atoms with van der Waals surface area (Å²) < 4.78 is 30.6. The summed E-state index contributed by atoms with van der Waals surface area (Å²) in [6.45, 7) is 1.91. The molecule has 0 aliphatic rings. The summed E-state index contributed by atoms with van der Waals surface area (Å²) in [6, 6.07) is 15.8. The van der Waals surface area contributed by atoms with Gasteiger partial charge in [0.1, 0.15) is 4.90 Å². The third kappa shape index (κ3) is 2.48. The Morgan fingerprint density at radius 2 is 1.62 bits per heavy atom. The lowest BCUT2D eigenvalue weighted by Gasteiger charge is -2.04. The Morgan fingerprint density at radius 3 is 2.29 bits per heavy atom. The molecule has 3 aromatic rings. The van der Waals surface area contributed by atoms with Crippen molar-refractivity contribution in [3.8, 4) is 11.3 Å². The molecule has 0 spiro atoms. The minimum Gasteiger partial charge on any atom is -0.355 e. The Morgan fingerprint density at radius 1 is 0.952 bits per heavy atom. The van der Waals surface area contributed by atoms with E-state index in [1.807, 2.05) is 25.1 Å². The highest BCUT2D eigenvalue weighted by Gasteiger charge is 2.25. The number of sulfone groups is 1. The minimum atomic E-state index is -3.65. The summed E-state index contributed by atoms with van der Waals surface area (Å²) in [6.07, 6.45) is 1.25. The Kier molecular flexibility index (Phi) is 3.35. The predicted molar refractivity (Wildman–Crippen MR) is 78.6 cm³/mol. The van der Waals surface area contributed by atoms with Crippen LogP contribution in [0.15, 0.2) is 75.1 Å². The van der Waals surface area contributed by atoms with E-state index < -0.39 is 9.84 Å². The van der Waals surface area contributed by atoms with E-state index in [0.29, 0.717) is 5.56 Å². The lowest BCUT2D eigenvalue weighted by Crippen LogP contribution is -2.02. The number of aryl methyl sites for hydroxylation is 1. The van der Waals surface area contributed by atoms with Crippen molar-refractivity contribution < 1.29 is 12.9 Å². The molecule has 0 N–H and O–H groups in total. The van der Waals surface area contributed by atoms with Crippen LogP contribution in [0, 0.1) is 6.92 Å². The molecule has 0 bridgehead atoms. The molecule has 0 atom stereocenters. The van der Waals surface area contributed by atoms with Gasteiger partial charge >= 0.3 is 0 Å². The highest BCUT2D eigenvalue weighted by atomic mass is 32.2. The largest absolute Gasteiger partial charge is 0.355 e. The van der Waals surface area contributed by atoms with Gasteiger partial charge in [-0.3, -0.25) is 0 Å². The van der Waals surface area contributed by atoms with Crippen LogP contribution in [-0.4, -0.2) is 13.6 Å². The van der Waals surface area contributed by atoms with Gasteiger partial charge < -0.3 is 4.52 Å². The maximum atomic E-state index is 12.7. The van der Waals surface area contributed by atoms with Crippen molar-refractivity contribution in [2.75, 3.05) is 0 Å². The Hall–Kier alpha value is -2.40. The first-order chi connectivity index (χ1) is 10.1. The highest BCUT2D eigenvalue weighted by molar-refractivity contribution is 7.91. The zero-order valence-corrected chi connectivity index (χ0v) is 12.2. The van der Waals surface area contributed by atoms with Crippen molar-refractivity contribution in [1.82, 2.24) is 5.16 Å². The molecule has 5 heteroatoms. The van der Waals surface area contributed by atoms with Crippen molar-refractivity contribution in [3.05, 3.63) is 66.4 Å². The first kappa shape index (κ1) is 13.6. The van der Waals surface area contributed by atoms with E-state index in [-0.39, 0.29) is 15.6 Å². The number of benzene rings is 2. The van der Waals surface area contributed by atoms with Crippen LogP contribution in [0.3, 0.4) is 0 Å². The molecule has 0 aliphatic heterocycles. The lowest BCUT2D eigenvalue weighted by molar-refractivity contribution is 0.430. The summed E-state index contributed by atoms with van der Waals surface area (Å²) in [5, 5.41) is 3.65. The van der Waals surface area contributed by atoms with E-state index in [1.165, 1.54) is 6.20 Å². The molecule has 0 fully saturated rings. The monoisotopic (exact) mass is 299 g/mol. The standard InChI is InChI=1S/C16H13NO3S/c1-12-7-9-14(10-8-12)21(18,19)15-11-17-20-16(15)13-5-3-2-4-6-13/h2-11H,1H3. The Bertz CT molecular complexity index is 850. The Balaban J connectivity index is 2.13. The number of rotatable bonds is 3. The zero-order valence-electron chi connectivity index (χ0n) is 11.4. The molecule has 1 heterocycles. The van der Waals surface area contributed by atoms with Gasteiger partial charge in [0.25, 0.3) is 0 Å². The van der Waals surface area contributed by atoms with E-state index in [2.05, 4.69) is 5.16 Å². The van der Waals surface area contributed by atoms with Crippen LogP contribution in [0.4, 0.5) is 0 Å². The van der Waals surface area contributed by atoms with Gasteiger partial charge in [-0.05, 0) is 19.1 Å².